The highest BCUT2D eigenvalue weighted by molar-refractivity contribution is 6.00. The summed E-state index contributed by atoms with van der Waals surface area (Å²) >= 11 is 0. The van der Waals surface area contributed by atoms with Gasteiger partial charge in [0.05, 0.1) is 12.0 Å². The minimum Gasteiger partial charge on any atom is -0.486 e. The summed E-state index contributed by atoms with van der Waals surface area (Å²) in [7, 11) is 0. The fourth-order valence-corrected chi connectivity index (χ4v) is 4.04. The Bertz CT molecular complexity index is 936. The SMILES string of the molecule is CC(C)(C)[C@H](NC(=O)[C@H]1CC(=O)N(c2ccc3c(c2)OCCO3)C1)c1ccccc1. The number of anilines is 1. The predicted molar refractivity (Wildman–Crippen MR) is 115 cm³/mol. The smallest absolute Gasteiger partial charge is 0.227 e. The Hall–Kier alpha value is -3.02. The van der Waals surface area contributed by atoms with Crippen molar-refractivity contribution in [1.29, 1.82) is 0 Å². The van der Waals surface area contributed by atoms with E-state index in [1.54, 1.807) is 4.90 Å². The molecule has 2 aromatic carbocycles. The van der Waals surface area contributed by atoms with Crippen molar-refractivity contribution in [3.05, 3.63) is 54.1 Å². The van der Waals surface area contributed by atoms with E-state index in [-0.39, 0.29) is 35.6 Å². The Morgan fingerprint density at radius 3 is 2.47 bits per heavy atom. The average Bonchev–Trinajstić information content (AvgIpc) is 3.13. The van der Waals surface area contributed by atoms with Crippen molar-refractivity contribution < 1.29 is 19.1 Å². The van der Waals surface area contributed by atoms with Crippen LogP contribution < -0.4 is 19.7 Å². The van der Waals surface area contributed by atoms with Gasteiger partial charge in [-0.25, -0.2) is 0 Å². The number of carbonyl (C=O) groups is 2. The Morgan fingerprint density at radius 2 is 1.77 bits per heavy atom. The van der Waals surface area contributed by atoms with Crippen molar-refractivity contribution >= 4 is 17.5 Å². The van der Waals surface area contributed by atoms with E-state index in [0.29, 0.717) is 31.3 Å². The summed E-state index contributed by atoms with van der Waals surface area (Å²) in [5, 5.41) is 3.20. The molecule has 30 heavy (non-hydrogen) atoms. The van der Waals surface area contributed by atoms with E-state index in [9.17, 15) is 9.59 Å². The molecule has 0 aromatic heterocycles. The highest BCUT2D eigenvalue weighted by atomic mass is 16.6. The maximum absolute atomic E-state index is 13.1. The van der Waals surface area contributed by atoms with Gasteiger partial charge < -0.3 is 19.7 Å². The fourth-order valence-electron chi connectivity index (χ4n) is 4.04. The van der Waals surface area contributed by atoms with Gasteiger partial charge >= 0.3 is 0 Å². The minimum atomic E-state index is -0.390. The van der Waals surface area contributed by atoms with Crippen molar-refractivity contribution in [2.75, 3.05) is 24.7 Å². The van der Waals surface area contributed by atoms with Gasteiger partial charge in [0.25, 0.3) is 0 Å². The number of benzene rings is 2. The van der Waals surface area contributed by atoms with Crippen molar-refractivity contribution in [3.63, 3.8) is 0 Å². The number of amides is 2. The summed E-state index contributed by atoms with van der Waals surface area (Å²) in [6.45, 7) is 7.68. The summed E-state index contributed by atoms with van der Waals surface area (Å²) in [5.41, 5.74) is 1.64. The molecule has 0 saturated carbocycles. The zero-order valence-corrected chi connectivity index (χ0v) is 17.7. The maximum Gasteiger partial charge on any atom is 0.227 e. The summed E-state index contributed by atoms with van der Waals surface area (Å²) < 4.78 is 11.2. The van der Waals surface area contributed by atoms with E-state index in [2.05, 4.69) is 26.1 Å². The van der Waals surface area contributed by atoms with Crippen LogP contribution in [0.15, 0.2) is 48.5 Å². The lowest BCUT2D eigenvalue weighted by Gasteiger charge is -2.32. The molecule has 6 heteroatoms. The number of hydrogen-bond donors (Lipinski definition) is 1. The number of ether oxygens (including phenoxy) is 2. The fraction of sp³-hybridized carbons (Fsp3) is 0.417. The third kappa shape index (κ3) is 4.13. The van der Waals surface area contributed by atoms with Gasteiger partial charge in [0.15, 0.2) is 11.5 Å². The summed E-state index contributed by atoms with van der Waals surface area (Å²) in [4.78, 5) is 27.4. The first kappa shape index (κ1) is 20.3. The van der Waals surface area contributed by atoms with Crippen LogP contribution in [-0.2, 0) is 9.59 Å². The van der Waals surface area contributed by atoms with Gasteiger partial charge in [-0.05, 0) is 23.1 Å². The molecule has 2 aliphatic heterocycles. The zero-order chi connectivity index (χ0) is 21.3. The van der Waals surface area contributed by atoms with Crippen LogP contribution in [0.25, 0.3) is 0 Å². The van der Waals surface area contributed by atoms with Crippen LogP contribution in [0.2, 0.25) is 0 Å². The Kier molecular flexibility index (Phi) is 5.41. The molecule has 4 rings (SSSR count). The van der Waals surface area contributed by atoms with Gasteiger partial charge in [0, 0.05) is 24.7 Å². The number of nitrogens with one attached hydrogen (secondary N) is 1. The second-order valence-electron chi connectivity index (χ2n) is 8.95. The van der Waals surface area contributed by atoms with E-state index in [1.807, 2.05) is 48.5 Å². The van der Waals surface area contributed by atoms with Gasteiger partial charge in [-0.2, -0.15) is 0 Å². The molecular formula is C24H28N2O4. The van der Waals surface area contributed by atoms with Crippen molar-refractivity contribution in [2.24, 2.45) is 11.3 Å². The molecule has 0 aliphatic carbocycles. The predicted octanol–water partition coefficient (Wildman–Crippen LogP) is 3.71. The van der Waals surface area contributed by atoms with Gasteiger partial charge in [-0.3, -0.25) is 9.59 Å². The third-order valence-corrected chi connectivity index (χ3v) is 5.62. The van der Waals surface area contributed by atoms with Crippen LogP contribution in [-0.4, -0.2) is 31.6 Å². The average molecular weight is 408 g/mol. The first-order chi connectivity index (χ1) is 14.3. The molecule has 1 fully saturated rings. The Morgan fingerprint density at radius 1 is 1.07 bits per heavy atom. The van der Waals surface area contributed by atoms with Crippen molar-refractivity contribution in [2.45, 2.75) is 33.2 Å². The highest BCUT2D eigenvalue weighted by Crippen LogP contribution is 2.37. The molecule has 2 atom stereocenters. The lowest BCUT2D eigenvalue weighted by Crippen LogP contribution is -2.40. The number of nitrogens with zero attached hydrogens (tertiary/aromatic N) is 1. The molecule has 1 saturated heterocycles. The standard InChI is InChI=1S/C24H28N2O4/c1-24(2,3)22(16-7-5-4-6-8-16)25-23(28)17-13-21(27)26(15-17)18-9-10-19-20(14-18)30-12-11-29-19/h4-10,14,17,22H,11-13,15H2,1-3H3,(H,25,28)/t17-,22+/m0/s1. The van der Waals surface area contributed by atoms with E-state index in [4.69, 9.17) is 9.47 Å². The van der Waals surface area contributed by atoms with Gasteiger partial charge in [0.2, 0.25) is 11.8 Å². The van der Waals surface area contributed by atoms with E-state index < -0.39 is 0 Å². The van der Waals surface area contributed by atoms with Gasteiger partial charge in [-0.1, -0.05) is 51.1 Å². The monoisotopic (exact) mass is 408 g/mol. The second-order valence-corrected chi connectivity index (χ2v) is 8.95. The van der Waals surface area contributed by atoms with Crippen molar-refractivity contribution in [1.82, 2.24) is 5.32 Å². The van der Waals surface area contributed by atoms with Crippen LogP contribution in [0.1, 0.15) is 38.8 Å². The maximum atomic E-state index is 13.1. The summed E-state index contributed by atoms with van der Waals surface area (Å²) in [6.07, 6.45) is 0.200. The third-order valence-electron chi connectivity index (χ3n) is 5.62. The Balaban J connectivity index is 1.49. The molecule has 2 aromatic rings. The molecule has 1 N–H and O–H groups in total. The van der Waals surface area contributed by atoms with Gasteiger partial charge in [-0.15, -0.1) is 0 Å². The molecule has 0 radical (unpaired) electrons. The topological polar surface area (TPSA) is 67.9 Å². The summed E-state index contributed by atoms with van der Waals surface area (Å²) in [6, 6.07) is 15.3. The van der Waals surface area contributed by atoms with Crippen LogP contribution in [0.4, 0.5) is 5.69 Å². The Labute approximate surface area is 177 Å². The van der Waals surface area contributed by atoms with E-state index in [1.165, 1.54) is 0 Å². The number of rotatable bonds is 4. The van der Waals surface area contributed by atoms with Crippen molar-refractivity contribution in [3.8, 4) is 11.5 Å². The largest absolute Gasteiger partial charge is 0.486 e. The molecular weight excluding hydrogens is 380 g/mol. The zero-order valence-electron chi connectivity index (χ0n) is 17.7. The molecule has 0 spiro atoms. The molecule has 2 aliphatic rings. The van der Waals surface area contributed by atoms with E-state index in [0.717, 1.165) is 11.3 Å². The molecule has 0 unspecified atom stereocenters. The van der Waals surface area contributed by atoms with Crippen LogP contribution in [0.3, 0.4) is 0 Å². The lowest BCUT2D eigenvalue weighted by molar-refractivity contribution is -0.127. The number of carbonyl (C=O) groups excluding carboxylic acids is 2. The molecule has 2 heterocycles. The first-order valence-corrected chi connectivity index (χ1v) is 10.4. The van der Waals surface area contributed by atoms with Crippen LogP contribution in [0.5, 0.6) is 11.5 Å². The number of fused-ring (bicyclic) bond motifs is 1. The molecule has 0 bridgehead atoms. The first-order valence-electron chi connectivity index (χ1n) is 10.4. The molecule has 6 nitrogen and oxygen atoms in total. The quantitative estimate of drug-likeness (QED) is 0.837. The lowest BCUT2D eigenvalue weighted by atomic mass is 9.82. The summed E-state index contributed by atoms with van der Waals surface area (Å²) in [5.74, 6) is 0.781. The normalized spacial score (nSPS) is 19.5. The molecule has 2 amide bonds. The number of hydrogen-bond acceptors (Lipinski definition) is 4. The second kappa shape index (κ2) is 8.01. The highest BCUT2D eigenvalue weighted by Gasteiger charge is 2.38. The van der Waals surface area contributed by atoms with E-state index >= 15 is 0 Å². The van der Waals surface area contributed by atoms with Crippen LogP contribution >= 0.6 is 0 Å². The molecule has 158 valence electrons. The minimum absolute atomic E-state index is 0.0566. The van der Waals surface area contributed by atoms with Crippen LogP contribution in [0, 0.1) is 11.3 Å². The van der Waals surface area contributed by atoms with Gasteiger partial charge in [0.1, 0.15) is 13.2 Å².